The molecule has 7 heteroatoms. The van der Waals surface area contributed by atoms with Gasteiger partial charge in [-0.1, -0.05) is 23.8 Å². The first-order valence-electron chi connectivity index (χ1n) is 12.3. The lowest BCUT2D eigenvalue weighted by Crippen LogP contribution is -2.34. The summed E-state index contributed by atoms with van der Waals surface area (Å²) >= 11 is 0. The summed E-state index contributed by atoms with van der Waals surface area (Å²) in [7, 11) is 3.54. The van der Waals surface area contributed by atoms with Crippen LogP contribution in [-0.4, -0.2) is 59.4 Å². The molecule has 1 aliphatic heterocycles. The van der Waals surface area contributed by atoms with Crippen molar-refractivity contribution in [3.63, 3.8) is 0 Å². The Kier molecular flexibility index (Phi) is 7.79. The minimum atomic E-state index is -0.657. The van der Waals surface area contributed by atoms with Crippen LogP contribution < -0.4 is 5.73 Å². The molecule has 0 bridgehead atoms. The lowest BCUT2D eigenvalue weighted by Gasteiger charge is -2.32. The standard InChI is InChI=1S/C29H34FN5O/c1-19(17-25-20(2)32-14-11-24(25)27-10-9-26(31)28(30)33-27)18-35-15-12-22(13-16-35)21-5-7-23(8-6-21)29(36)34(3)4/h5-11,14,17,22H,12-13,15-16,18,31H2,1-4H3/b19-17+. The first-order valence-corrected chi connectivity index (χ1v) is 12.3. The Bertz CT molecular complexity index is 1260. The number of carbonyl (C=O) groups is 1. The number of nitrogens with two attached hydrogens (primary N) is 1. The highest BCUT2D eigenvalue weighted by Crippen LogP contribution is 2.30. The van der Waals surface area contributed by atoms with Crippen LogP contribution in [0.3, 0.4) is 0 Å². The summed E-state index contributed by atoms with van der Waals surface area (Å²) < 4.78 is 14.0. The second-order valence-electron chi connectivity index (χ2n) is 9.80. The predicted octanol–water partition coefficient (Wildman–Crippen LogP) is 5.16. The quantitative estimate of drug-likeness (QED) is 0.486. The molecule has 0 radical (unpaired) electrons. The minimum absolute atomic E-state index is 0.0305. The molecule has 36 heavy (non-hydrogen) atoms. The van der Waals surface area contributed by atoms with Crippen molar-refractivity contribution in [1.29, 1.82) is 0 Å². The Balaban J connectivity index is 1.42. The fraction of sp³-hybridized carbons (Fsp3) is 0.345. The summed E-state index contributed by atoms with van der Waals surface area (Å²) in [5.74, 6) is -0.119. The SMILES string of the molecule is C/C(=C\c1c(-c2ccc(N)c(F)n2)ccnc1C)CN1CCC(c2ccc(C(=O)N(C)C)cc2)CC1. The van der Waals surface area contributed by atoms with Crippen molar-refractivity contribution in [3.05, 3.63) is 82.6 Å². The van der Waals surface area contributed by atoms with Crippen molar-refractivity contribution in [3.8, 4) is 11.3 Å². The number of anilines is 1. The van der Waals surface area contributed by atoms with Crippen LogP contribution in [0.4, 0.5) is 10.1 Å². The molecule has 1 amide bonds. The largest absolute Gasteiger partial charge is 0.395 e. The van der Waals surface area contributed by atoms with E-state index in [1.165, 1.54) is 11.1 Å². The summed E-state index contributed by atoms with van der Waals surface area (Å²) in [6.45, 7) is 6.97. The Hall–Kier alpha value is -3.58. The number of piperidine rings is 1. The molecule has 0 atom stereocenters. The van der Waals surface area contributed by atoms with Crippen LogP contribution >= 0.6 is 0 Å². The van der Waals surface area contributed by atoms with Gasteiger partial charge < -0.3 is 10.6 Å². The molecular formula is C29H34FN5O. The molecule has 1 saturated heterocycles. The number of hydrogen-bond donors (Lipinski definition) is 1. The zero-order chi connectivity index (χ0) is 25.8. The molecule has 0 saturated carbocycles. The van der Waals surface area contributed by atoms with Crippen LogP contribution in [0.15, 0.2) is 54.2 Å². The fourth-order valence-corrected chi connectivity index (χ4v) is 4.80. The number of rotatable bonds is 6. The minimum Gasteiger partial charge on any atom is -0.395 e. The Morgan fingerprint density at radius 2 is 1.83 bits per heavy atom. The zero-order valence-corrected chi connectivity index (χ0v) is 21.5. The van der Waals surface area contributed by atoms with E-state index in [9.17, 15) is 9.18 Å². The number of nitrogen functional groups attached to an aromatic ring is 1. The predicted molar refractivity (Wildman–Crippen MR) is 143 cm³/mol. The molecule has 1 aliphatic rings. The van der Waals surface area contributed by atoms with E-state index >= 15 is 0 Å². The van der Waals surface area contributed by atoms with Crippen molar-refractivity contribution < 1.29 is 9.18 Å². The Labute approximate surface area is 212 Å². The maximum atomic E-state index is 14.0. The molecule has 0 unspecified atom stereocenters. The summed E-state index contributed by atoms with van der Waals surface area (Å²) in [5, 5.41) is 0. The van der Waals surface area contributed by atoms with E-state index in [0.29, 0.717) is 11.6 Å². The van der Waals surface area contributed by atoms with E-state index in [1.807, 2.05) is 25.1 Å². The molecular weight excluding hydrogens is 453 g/mol. The summed E-state index contributed by atoms with van der Waals surface area (Å²) in [5.41, 5.74) is 12.1. The number of aromatic nitrogens is 2. The number of likely N-dealkylation sites (tertiary alicyclic amines) is 1. The van der Waals surface area contributed by atoms with E-state index in [1.54, 1.807) is 37.3 Å². The lowest BCUT2D eigenvalue weighted by atomic mass is 9.88. The van der Waals surface area contributed by atoms with Gasteiger partial charge in [0.25, 0.3) is 5.91 Å². The van der Waals surface area contributed by atoms with Crippen molar-refractivity contribution in [1.82, 2.24) is 19.8 Å². The smallest absolute Gasteiger partial charge is 0.253 e. The van der Waals surface area contributed by atoms with Gasteiger partial charge in [0.15, 0.2) is 0 Å². The van der Waals surface area contributed by atoms with Crippen LogP contribution in [0.1, 0.15) is 52.9 Å². The average Bonchev–Trinajstić information content (AvgIpc) is 2.87. The summed E-state index contributed by atoms with van der Waals surface area (Å²) in [4.78, 5) is 24.7. The van der Waals surface area contributed by atoms with E-state index in [0.717, 1.165) is 54.9 Å². The van der Waals surface area contributed by atoms with E-state index < -0.39 is 5.95 Å². The number of aryl methyl sites for hydroxylation is 1. The highest BCUT2D eigenvalue weighted by Gasteiger charge is 2.21. The van der Waals surface area contributed by atoms with Crippen molar-refractivity contribution in [2.45, 2.75) is 32.6 Å². The maximum Gasteiger partial charge on any atom is 0.253 e. The topological polar surface area (TPSA) is 75.3 Å². The highest BCUT2D eigenvalue weighted by molar-refractivity contribution is 5.93. The van der Waals surface area contributed by atoms with Crippen LogP contribution in [0.25, 0.3) is 17.3 Å². The van der Waals surface area contributed by atoms with Gasteiger partial charge in [0, 0.05) is 49.2 Å². The molecule has 0 aliphatic carbocycles. The first-order chi connectivity index (χ1) is 17.2. The maximum absolute atomic E-state index is 14.0. The number of halogens is 1. The van der Waals surface area contributed by atoms with Crippen molar-refractivity contribution in [2.75, 3.05) is 39.5 Å². The summed E-state index contributed by atoms with van der Waals surface area (Å²) in [6.07, 6.45) is 6.03. The second kappa shape index (κ2) is 11.0. The molecule has 4 rings (SSSR count). The Morgan fingerprint density at radius 1 is 1.14 bits per heavy atom. The third kappa shape index (κ3) is 5.79. The molecule has 2 N–H and O–H groups in total. The molecule has 6 nitrogen and oxygen atoms in total. The van der Waals surface area contributed by atoms with E-state index in [2.05, 4.69) is 40.0 Å². The fourth-order valence-electron chi connectivity index (χ4n) is 4.80. The van der Waals surface area contributed by atoms with Crippen LogP contribution in [0.2, 0.25) is 0 Å². The van der Waals surface area contributed by atoms with Gasteiger partial charge in [-0.2, -0.15) is 4.39 Å². The van der Waals surface area contributed by atoms with Gasteiger partial charge in [-0.05, 0) is 81.6 Å². The molecule has 3 heterocycles. The van der Waals surface area contributed by atoms with Gasteiger partial charge in [-0.25, -0.2) is 4.98 Å². The molecule has 188 valence electrons. The zero-order valence-electron chi connectivity index (χ0n) is 21.5. The van der Waals surface area contributed by atoms with Crippen molar-refractivity contribution >= 4 is 17.7 Å². The Morgan fingerprint density at radius 3 is 2.47 bits per heavy atom. The van der Waals surface area contributed by atoms with Gasteiger partial charge in [0.2, 0.25) is 5.95 Å². The number of amides is 1. The van der Waals surface area contributed by atoms with Crippen LogP contribution in [0, 0.1) is 12.9 Å². The van der Waals surface area contributed by atoms with E-state index in [-0.39, 0.29) is 11.6 Å². The van der Waals surface area contributed by atoms with Crippen LogP contribution in [-0.2, 0) is 0 Å². The molecule has 0 spiro atoms. The normalized spacial score (nSPS) is 15.2. The first kappa shape index (κ1) is 25.5. The number of benzene rings is 1. The second-order valence-corrected chi connectivity index (χ2v) is 9.80. The number of hydrogen-bond acceptors (Lipinski definition) is 5. The monoisotopic (exact) mass is 487 g/mol. The molecule has 3 aromatic rings. The third-order valence-electron chi connectivity index (χ3n) is 6.83. The highest BCUT2D eigenvalue weighted by atomic mass is 19.1. The van der Waals surface area contributed by atoms with Gasteiger partial charge in [-0.15, -0.1) is 0 Å². The van der Waals surface area contributed by atoms with E-state index in [4.69, 9.17) is 5.73 Å². The molecule has 2 aromatic heterocycles. The van der Waals surface area contributed by atoms with Gasteiger partial charge in [0.1, 0.15) is 0 Å². The molecule has 1 fully saturated rings. The van der Waals surface area contributed by atoms with Gasteiger partial charge in [0.05, 0.1) is 11.4 Å². The average molecular weight is 488 g/mol. The van der Waals surface area contributed by atoms with Crippen molar-refractivity contribution in [2.24, 2.45) is 0 Å². The summed E-state index contributed by atoms with van der Waals surface area (Å²) in [6, 6.07) is 13.2. The van der Waals surface area contributed by atoms with Gasteiger partial charge >= 0.3 is 0 Å². The van der Waals surface area contributed by atoms with Crippen LogP contribution in [0.5, 0.6) is 0 Å². The number of carbonyl (C=O) groups excluding carboxylic acids is 1. The molecule has 1 aromatic carbocycles. The van der Waals surface area contributed by atoms with Gasteiger partial charge in [-0.3, -0.25) is 14.7 Å². The number of pyridine rings is 2. The lowest BCUT2D eigenvalue weighted by molar-refractivity contribution is 0.0827. The third-order valence-corrected chi connectivity index (χ3v) is 6.83. The number of nitrogens with zero attached hydrogens (tertiary/aromatic N) is 4.